The van der Waals surface area contributed by atoms with Crippen LogP contribution in [0, 0.1) is 23.2 Å². The number of halogens is 3. The highest BCUT2D eigenvalue weighted by Gasteiger charge is 2.67. The Labute approximate surface area is 142 Å². The van der Waals surface area contributed by atoms with Crippen molar-refractivity contribution in [3.05, 3.63) is 39.4 Å². The summed E-state index contributed by atoms with van der Waals surface area (Å²) in [4.78, 5) is 27.0. The summed E-state index contributed by atoms with van der Waals surface area (Å²) in [5, 5.41) is 0.681. The third-order valence-electron chi connectivity index (χ3n) is 5.34. The maximum atomic E-state index is 13.0. The molecule has 4 rings (SSSR count). The van der Waals surface area contributed by atoms with Crippen molar-refractivity contribution in [3.8, 4) is 0 Å². The number of hydrogen-bond donors (Lipinski definition) is 0. The zero-order valence-corrected chi connectivity index (χ0v) is 13.9. The second kappa shape index (κ2) is 4.50. The van der Waals surface area contributed by atoms with E-state index in [9.17, 15) is 9.59 Å². The van der Waals surface area contributed by atoms with Gasteiger partial charge in [-0.05, 0) is 37.3 Å². The zero-order valence-electron chi connectivity index (χ0n) is 11.6. The smallest absolute Gasteiger partial charge is 0.241 e. The van der Waals surface area contributed by atoms with Crippen molar-refractivity contribution in [1.82, 2.24) is 0 Å². The predicted molar refractivity (Wildman–Crippen MR) is 86.3 cm³/mol. The largest absolute Gasteiger partial charge is 0.274 e. The Morgan fingerprint density at radius 1 is 1.14 bits per heavy atom. The molecule has 2 aliphatic carbocycles. The fourth-order valence-corrected chi connectivity index (χ4v) is 4.81. The fraction of sp³-hybridized carbons (Fsp3) is 0.375. The second-order valence-corrected chi connectivity index (χ2v) is 7.55. The summed E-state index contributed by atoms with van der Waals surface area (Å²) in [6.45, 7) is 1.89. The summed E-state index contributed by atoms with van der Waals surface area (Å²) < 4.78 is 0. The Morgan fingerprint density at radius 3 is 2.36 bits per heavy atom. The first-order chi connectivity index (χ1) is 10.4. The van der Waals surface area contributed by atoms with Gasteiger partial charge in [-0.15, -0.1) is 0 Å². The lowest BCUT2D eigenvalue weighted by molar-refractivity contribution is -0.127. The maximum Gasteiger partial charge on any atom is 0.241 e. The quantitative estimate of drug-likeness (QED) is 0.426. The Bertz CT molecular complexity index is 737. The molecule has 6 heteroatoms. The highest BCUT2D eigenvalue weighted by Crippen LogP contribution is 2.61. The van der Waals surface area contributed by atoms with Crippen molar-refractivity contribution in [2.45, 2.75) is 13.3 Å². The Morgan fingerprint density at radius 2 is 1.77 bits per heavy atom. The van der Waals surface area contributed by atoms with Gasteiger partial charge < -0.3 is 0 Å². The zero-order chi connectivity index (χ0) is 15.8. The number of amides is 2. The number of imide groups is 1. The van der Waals surface area contributed by atoms with Crippen LogP contribution < -0.4 is 4.90 Å². The first-order valence-corrected chi connectivity index (χ1v) is 8.20. The van der Waals surface area contributed by atoms with E-state index in [0.29, 0.717) is 5.69 Å². The first-order valence-electron chi connectivity index (χ1n) is 7.07. The molecule has 1 aliphatic heterocycles. The molecular formula is C16H12Cl3NO2. The summed E-state index contributed by atoms with van der Waals surface area (Å²) in [6, 6.07) is 3.04. The van der Waals surface area contributed by atoms with Crippen LogP contribution in [0.5, 0.6) is 0 Å². The van der Waals surface area contributed by atoms with Gasteiger partial charge in [-0.25, -0.2) is 4.90 Å². The highest BCUT2D eigenvalue weighted by molar-refractivity contribution is 6.48. The molecule has 2 bridgehead atoms. The molecule has 0 aromatic heterocycles. The Balaban J connectivity index is 1.83. The molecule has 1 saturated heterocycles. The average Bonchev–Trinajstić information content (AvgIpc) is 3.09. The molecule has 114 valence electrons. The molecule has 3 nitrogen and oxygen atoms in total. The first kappa shape index (κ1) is 14.6. The molecule has 2 fully saturated rings. The van der Waals surface area contributed by atoms with Crippen molar-refractivity contribution in [2.24, 2.45) is 23.2 Å². The number of allylic oxidation sites excluding steroid dienone is 2. The Hall–Kier alpha value is -1.03. The van der Waals surface area contributed by atoms with Gasteiger partial charge in [0, 0.05) is 0 Å². The van der Waals surface area contributed by atoms with Gasteiger partial charge >= 0.3 is 0 Å². The van der Waals surface area contributed by atoms with Crippen LogP contribution in [0.25, 0.3) is 0 Å². The minimum atomic E-state index is -0.658. The standard InChI is InChI=1S/C16H12Cl3NO2/c1-16-8-3-2-7(4-8)12(16)14(21)20(15(16)22)9-5-10(17)13(19)11(18)6-9/h2-3,5-8,12H,4H2,1H3/t7-,8+,12-,16-/m0/s1. The topological polar surface area (TPSA) is 37.4 Å². The van der Waals surface area contributed by atoms with Gasteiger partial charge in [0.1, 0.15) is 0 Å². The number of benzene rings is 1. The molecular weight excluding hydrogens is 345 g/mol. The molecule has 22 heavy (non-hydrogen) atoms. The molecule has 1 aromatic rings. The van der Waals surface area contributed by atoms with E-state index in [1.54, 1.807) is 0 Å². The van der Waals surface area contributed by atoms with E-state index in [1.807, 2.05) is 6.92 Å². The van der Waals surface area contributed by atoms with Crippen LogP contribution in [0.3, 0.4) is 0 Å². The monoisotopic (exact) mass is 355 g/mol. The van der Waals surface area contributed by atoms with E-state index in [1.165, 1.54) is 17.0 Å². The van der Waals surface area contributed by atoms with Crippen LogP contribution in [0.2, 0.25) is 15.1 Å². The van der Waals surface area contributed by atoms with Crippen LogP contribution in [-0.4, -0.2) is 11.8 Å². The molecule has 1 saturated carbocycles. The fourth-order valence-electron chi connectivity index (χ4n) is 4.22. The van der Waals surface area contributed by atoms with Crippen LogP contribution in [-0.2, 0) is 9.59 Å². The maximum absolute atomic E-state index is 13.0. The van der Waals surface area contributed by atoms with Crippen molar-refractivity contribution < 1.29 is 9.59 Å². The summed E-state index contributed by atoms with van der Waals surface area (Å²) >= 11 is 18.0. The van der Waals surface area contributed by atoms with Crippen molar-refractivity contribution in [1.29, 1.82) is 0 Å². The Kier molecular flexibility index (Phi) is 2.98. The number of fused-ring (bicyclic) bond motifs is 5. The van der Waals surface area contributed by atoms with E-state index in [2.05, 4.69) is 12.2 Å². The molecule has 1 aromatic carbocycles. The van der Waals surface area contributed by atoms with E-state index in [4.69, 9.17) is 34.8 Å². The molecule has 0 N–H and O–H groups in total. The minimum absolute atomic E-state index is 0.127. The minimum Gasteiger partial charge on any atom is -0.274 e. The normalized spacial score (nSPS) is 35.6. The molecule has 2 amide bonds. The number of nitrogens with zero attached hydrogens (tertiary/aromatic N) is 1. The number of carbonyl (C=O) groups excluding carboxylic acids is 2. The SMILES string of the molecule is C[C@@]12C(=O)N(c3cc(Cl)c(Cl)c(Cl)c3)C(=O)[C@@H]1[C@H]1C=C[C@@H]2C1. The number of anilines is 1. The molecule has 3 aliphatic rings. The van der Waals surface area contributed by atoms with Crippen molar-refractivity contribution >= 4 is 52.3 Å². The van der Waals surface area contributed by atoms with Crippen LogP contribution in [0.4, 0.5) is 5.69 Å². The van der Waals surface area contributed by atoms with E-state index >= 15 is 0 Å². The lowest BCUT2D eigenvalue weighted by Gasteiger charge is -2.28. The summed E-state index contributed by atoms with van der Waals surface area (Å²) in [5.41, 5.74) is -0.265. The predicted octanol–water partition coefficient (Wildman–Crippen LogP) is 4.35. The van der Waals surface area contributed by atoms with E-state index in [0.717, 1.165) is 6.42 Å². The average molecular weight is 357 g/mol. The van der Waals surface area contributed by atoms with E-state index < -0.39 is 5.41 Å². The van der Waals surface area contributed by atoms with Crippen LogP contribution in [0.15, 0.2) is 24.3 Å². The van der Waals surface area contributed by atoms with Gasteiger partial charge in [0.25, 0.3) is 0 Å². The van der Waals surface area contributed by atoms with Crippen molar-refractivity contribution in [3.63, 3.8) is 0 Å². The highest BCUT2D eigenvalue weighted by atomic mass is 35.5. The van der Waals surface area contributed by atoms with Gasteiger partial charge in [0.05, 0.1) is 32.1 Å². The lowest BCUT2D eigenvalue weighted by Crippen LogP contribution is -2.37. The number of carbonyl (C=O) groups is 2. The molecule has 1 heterocycles. The third kappa shape index (κ3) is 1.60. The summed E-state index contributed by atoms with van der Waals surface area (Å²) in [7, 11) is 0. The molecule has 0 spiro atoms. The van der Waals surface area contributed by atoms with Crippen molar-refractivity contribution in [2.75, 3.05) is 4.90 Å². The molecule has 4 atom stereocenters. The summed E-state index contributed by atoms with van der Waals surface area (Å²) in [5.74, 6) is -0.354. The third-order valence-corrected chi connectivity index (χ3v) is 6.54. The number of rotatable bonds is 1. The molecule has 0 radical (unpaired) electrons. The van der Waals surface area contributed by atoms with Gasteiger partial charge in [-0.2, -0.15) is 0 Å². The van der Waals surface area contributed by atoms with Gasteiger partial charge in [0.15, 0.2) is 0 Å². The van der Waals surface area contributed by atoms with Crippen LogP contribution in [0.1, 0.15) is 13.3 Å². The second-order valence-electron chi connectivity index (χ2n) is 6.35. The summed E-state index contributed by atoms with van der Waals surface area (Å²) in [6.07, 6.45) is 5.01. The number of hydrogen-bond acceptors (Lipinski definition) is 2. The van der Waals surface area contributed by atoms with Gasteiger partial charge in [-0.1, -0.05) is 47.0 Å². The van der Waals surface area contributed by atoms with Crippen LogP contribution >= 0.6 is 34.8 Å². The molecule has 0 unspecified atom stereocenters. The lowest BCUT2D eigenvalue weighted by atomic mass is 9.71. The van der Waals surface area contributed by atoms with Gasteiger partial charge in [-0.3, -0.25) is 9.59 Å². The van der Waals surface area contributed by atoms with E-state index in [-0.39, 0.29) is 44.6 Å². The van der Waals surface area contributed by atoms with Gasteiger partial charge in [0.2, 0.25) is 11.8 Å².